The smallest absolute Gasteiger partial charge is 0.327 e. The van der Waals surface area contributed by atoms with E-state index >= 15 is 0 Å². The number of pyridine rings is 2. The summed E-state index contributed by atoms with van der Waals surface area (Å²) in [5, 5.41) is 13.6. The molecule has 460 valence electrons. The third kappa shape index (κ3) is 23.4. The topological polar surface area (TPSA) is 379 Å². The Bertz CT molecular complexity index is 2910. The molecule has 4 aromatic rings. The van der Waals surface area contributed by atoms with Crippen LogP contribution in [0.2, 0.25) is 0 Å². The van der Waals surface area contributed by atoms with Gasteiger partial charge in [-0.1, -0.05) is 0 Å². The van der Waals surface area contributed by atoms with Crippen LogP contribution in [0.1, 0.15) is 44.7 Å². The summed E-state index contributed by atoms with van der Waals surface area (Å²) in [6.45, 7) is 8.66. The first-order chi connectivity index (χ1) is 41.2. The predicted molar refractivity (Wildman–Crippen MR) is 310 cm³/mol. The molecular formula is C54H76N16O14S+2. The van der Waals surface area contributed by atoms with E-state index in [-0.39, 0.29) is 54.8 Å². The van der Waals surface area contributed by atoms with Gasteiger partial charge in [-0.3, -0.25) is 79.5 Å². The minimum Gasteiger partial charge on any atom is -0.494 e. The van der Waals surface area contributed by atoms with Crippen molar-refractivity contribution in [3.8, 4) is 11.5 Å². The van der Waals surface area contributed by atoms with Gasteiger partial charge in [0.1, 0.15) is 22.6 Å². The van der Waals surface area contributed by atoms with E-state index in [1.165, 1.54) is 47.9 Å². The Labute approximate surface area is 495 Å². The molecular weight excluding hydrogens is 1130 g/mol. The Balaban J connectivity index is 0.867. The van der Waals surface area contributed by atoms with E-state index in [9.17, 15) is 38.4 Å². The Morgan fingerprint density at radius 3 is 1.56 bits per heavy atom. The Morgan fingerprint density at radius 1 is 0.588 bits per heavy atom. The zero-order valence-electron chi connectivity index (χ0n) is 47.6. The van der Waals surface area contributed by atoms with Crippen molar-refractivity contribution in [2.75, 3.05) is 139 Å². The van der Waals surface area contributed by atoms with Gasteiger partial charge in [0, 0.05) is 98.5 Å². The molecule has 2 fully saturated rings. The van der Waals surface area contributed by atoms with Crippen molar-refractivity contribution < 1.29 is 76.1 Å². The predicted octanol–water partition coefficient (Wildman–Crippen LogP) is -2.21. The molecule has 0 spiro atoms. The van der Waals surface area contributed by atoms with Crippen molar-refractivity contribution in [2.24, 2.45) is 11.6 Å². The number of aromatic nitrogens is 2. The molecule has 4 heterocycles. The molecule has 2 aromatic carbocycles. The summed E-state index contributed by atoms with van der Waals surface area (Å²) >= 11 is 1.55. The number of carbonyl (C=O) groups is 8. The highest BCUT2D eigenvalue weighted by Gasteiger charge is 2.22. The van der Waals surface area contributed by atoms with Crippen LogP contribution in [0.15, 0.2) is 73.3 Å². The van der Waals surface area contributed by atoms with Crippen LogP contribution in [-0.2, 0) is 74.2 Å². The zero-order valence-corrected chi connectivity index (χ0v) is 48.4. The van der Waals surface area contributed by atoms with Gasteiger partial charge in [-0.05, 0) is 62.3 Å². The number of nitrogens with two attached hydrogens (primary N) is 2. The minimum atomic E-state index is -0.891. The number of benzene rings is 2. The van der Waals surface area contributed by atoms with Crippen LogP contribution in [0.4, 0.5) is 22.7 Å². The lowest BCUT2D eigenvalue weighted by atomic mass is 10.2. The molecule has 2 aromatic heterocycles. The molecule has 0 bridgehead atoms. The molecule has 0 unspecified atom stereocenters. The quantitative estimate of drug-likeness (QED) is 0.0104. The molecule has 6 rings (SSSR count). The van der Waals surface area contributed by atoms with Crippen LogP contribution < -0.4 is 84.0 Å². The van der Waals surface area contributed by atoms with Gasteiger partial charge >= 0.3 is 23.6 Å². The van der Waals surface area contributed by atoms with Crippen LogP contribution in [0.5, 0.6) is 11.5 Å². The lowest BCUT2D eigenvalue weighted by molar-refractivity contribution is -0.684. The lowest BCUT2D eigenvalue weighted by Crippen LogP contribution is -2.43. The third-order valence-corrected chi connectivity index (χ3v) is 13.7. The standard InChI is InChI=1S/C54H74N16O14S/c1-79-45-27-41(5-7-43(45)63-65-53(77)51(75)57-9-3-13-67-15-19-81-20-16-67)61-47(71)33-69-30-38(25-39(31-69)49(55)73)36-84-60-12-24-85-23-11-59-50(74)40-26-37(35-83-56)29-70(32-40)34-48(72)62-42-6-8-44(46(28-42)80-2)64-66-54(78)52(76)58-10-4-14-68-17-21-82-22-18-68/h5-8,25-32,60H,3-4,9-24,33-36,56H2,1-2H3,(H9-2,55,57,58,59,61,62,63,64,65,66,71,72,73,74,75,76,77,78)/p+2. The number of primary amides is 1. The Hall–Kier alpha value is -8.27. The van der Waals surface area contributed by atoms with Gasteiger partial charge < -0.3 is 51.3 Å². The molecule has 0 atom stereocenters. The summed E-state index contributed by atoms with van der Waals surface area (Å²) in [6.07, 6.45) is 7.61. The fourth-order valence-corrected chi connectivity index (χ4v) is 9.20. The average molecular weight is 1210 g/mol. The van der Waals surface area contributed by atoms with Crippen LogP contribution in [-0.4, -0.2) is 175 Å². The van der Waals surface area contributed by atoms with E-state index in [2.05, 4.69) is 63.6 Å². The number of nitrogens with zero attached hydrogens (tertiary/aromatic N) is 4. The Kier molecular flexibility index (Phi) is 27.7. The van der Waals surface area contributed by atoms with Crippen molar-refractivity contribution >= 4 is 81.8 Å². The maximum Gasteiger partial charge on any atom is 0.327 e. The Morgan fingerprint density at radius 2 is 1.07 bits per heavy atom. The van der Waals surface area contributed by atoms with E-state index < -0.39 is 41.4 Å². The summed E-state index contributed by atoms with van der Waals surface area (Å²) in [6, 6.07) is 12.5. The van der Waals surface area contributed by atoms with Crippen LogP contribution >= 0.6 is 11.8 Å². The number of morpholine rings is 2. The van der Waals surface area contributed by atoms with Gasteiger partial charge in [-0.2, -0.15) is 20.9 Å². The summed E-state index contributed by atoms with van der Waals surface area (Å²) in [4.78, 5) is 116. The third-order valence-electron chi connectivity index (χ3n) is 12.7. The SMILES string of the molecule is COc1cc(NC(=O)C[n+]2cc(CONCCSCCNC(=O)c3cc(CON)c[n+](CC(=O)Nc4ccc(NNC(=O)C(=O)NCCCN5CCOCC5)c(OC)c4)c3)cc(C(N)=O)c2)ccc1NNC(=O)C(=O)NCCCN1CCOCC1. The zero-order chi connectivity index (χ0) is 60.8. The van der Waals surface area contributed by atoms with Gasteiger partial charge in [0.05, 0.1) is 65.2 Å². The monoisotopic (exact) mass is 1200 g/mol. The first kappa shape index (κ1) is 65.9. The van der Waals surface area contributed by atoms with Gasteiger partial charge in [0.15, 0.2) is 24.8 Å². The second kappa shape index (κ2) is 35.8. The van der Waals surface area contributed by atoms with E-state index in [1.54, 1.807) is 60.6 Å². The molecule has 30 nitrogen and oxygen atoms in total. The first-order valence-corrected chi connectivity index (χ1v) is 28.5. The highest BCUT2D eigenvalue weighted by molar-refractivity contribution is 7.99. The second-order valence-corrected chi connectivity index (χ2v) is 20.4. The van der Waals surface area contributed by atoms with E-state index in [4.69, 9.17) is 40.3 Å². The largest absolute Gasteiger partial charge is 0.494 e. The fraction of sp³-hybridized carbons (Fsp3) is 0.444. The molecule has 2 aliphatic heterocycles. The van der Waals surface area contributed by atoms with Gasteiger partial charge in [0.25, 0.3) is 23.6 Å². The fourth-order valence-electron chi connectivity index (χ4n) is 8.52. The van der Waals surface area contributed by atoms with Crippen molar-refractivity contribution in [1.29, 1.82) is 0 Å². The first-order valence-electron chi connectivity index (χ1n) is 27.3. The molecule has 0 saturated carbocycles. The number of amides is 8. The number of ether oxygens (including phenoxy) is 4. The normalized spacial score (nSPS) is 13.4. The van der Waals surface area contributed by atoms with Crippen LogP contribution in [0, 0.1) is 0 Å². The van der Waals surface area contributed by atoms with Crippen molar-refractivity contribution in [2.45, 2.75) is 39.1 Å². The molecule has 2 saturated heterocycles. The second-order valence-electron chi connectivity index (χ2n) is 19.1. The molecule has 31 heteroatoms. The van der Waals surface area contributed by atoms with Crippen LogP contribution in [0.3, 0.4) is 0 Å². The molecule has 14 N–H and O–H groups in total. The van der Waals surface area contributed by atoms with Gasteiger partial charge in [-0.25, -0.2) is 11.4 Å². The van der Waals surface area contributed by atoms with Gasteiger partial charge in [-0.15, -0.1) is 0 Å². The number of rotatable bonds is 33. The summed E-state index contributed by atoms with van der Waals surface area (Å²) in [5.41, 5.74) is 21.5. The molecule has 2 aliphatic rings. The molecule has 0 radical (unpaired) electrons. The summed E-state index contributed by atoms with van der Waals surface area (Å²) in [5.74, 6) is 1.71. The maximum absolute atomic E-state index is 13.3. The van der Waals surface area contributed by atoms with Gasteiger partial charge in [0.2, 0.25) is 13.1 Å². The van der Waals surface area contributed by atoms with E-state index in [0.717, 1.165) is 39.3 Å². The highest BCUT2D eigenvalue weighted by atomic mass is 32.2. The number of methoxy groups -OCH3 is 2. The van der Waals surface area contributed by atoms with Crippen LogP contribution in [0.25, 0.3) is 0 Å². The number of hydroxylamine groups is 1. The summed E-state index contributed by atoms with van der Waals surface area (Å²) in [7, 11) is 2.81. The average Bonchev–Trinajstić information content (AvgIpc) is 3.71. The minimum absolute atomic E-state index is 0.0281. The van der Waals surface area contributed by atoms with E-state index in [0.29, 0.717) is 111 Å². The number of hydrazine groups is 2. The maximum atomic E-state index is 13.3. The molecule has 85 heavy (non-hydrogen) atoms. The number of nitrogens with one attached hydrogen (secondary N) is 10. The van der Waals surface area contributed by atoms with Crippen molar-refractivity contribution in [3.05, 3.63) is 95.6 Å². The summed E-state index contributed by atoms with van der Waals surface area (Å²) < 4.78 is 24.6. The highest BCUT2D eigenvalue weighted by Crippen LogP contribution is 2.28. The lowest BCUT2D eigenvalue weighted by Gasteiger charge is -2.26. The number of hydrogen-bond acceptors (Lipinski definition) is 21. The van der Waals surface area contributed by atoms with Crippen molar-refractivity contribution in [1.82, 2.24) is 42.1 Å². The number of carbonyl (C=O) groups excluding carboxylic acids is 8. The molecule has 0 aliphatic carbocycles. The number of thioether (sulfide) groups is 1. The number of hydrogen-bond donors (Lipinski definition) is 12. The number of anilines is 4. The van der Waals surface area contributed by atoms with E-state index in [1.807, 2.05) is 0 Å². The van der Waals surface area contributed by atoms with Crippen molar-refractivity contribution in [3.63, 3.8) is 0 Å². The molecule has 8 amide bonds.